The fourth-order valence-corrected chi connectivity index (χ4v) is 4.59. The van der Waals surface area contributed by atoms with Gasteiger partial charge in [-0.25, -0.2) is 13.4 Å². The Bertz CT molecular complexity index is 1180. The number of methoxy groups -OCH3 is 1. The van der Waals surface area contributed by atoms with Gasteiger partial charge in [-0.15, -0.1) is 0 Å². The van der Waals surface area contributed by atoms with Gasteiger partial charge in [0.1, 0.15) is 17.3 Å². The zero-order valence-electron chi connectivity index (χ0n) is 17.6. The Kier molecular flexibility index (Phi) is 6.41. The van der Waals surface area contributed by atoms with E-state index in [-0.39, 0.29) is 18.0 Å². The minimum absolute atomic E-state index is 0.0968. The van der Waals surface area contributed by atoms with Crippen LogP contribution in [0.4, 0.5) is 0 Å². The van der Waals surface area contributed by atoms with Crippen molar-refractivity contribution in [1.29, 1.82) is 0 Å². The van der Waals surface area contributed by atoms with Crippen LogP contribution >= 0.6 is 0 Å². The minimum Gasteiger partial charge on any atom is -0.497 e. The van der Waals surface area contributed by atoms with Crippen LogP contribution in [0.2, 0.25) is 0 Å². The fourth-order valence-electron chi connectivity index (χ4n) is 3.21. The number of aromatic nitrogens is 1. The molecular weight excluding hydrogens is 402 g/mol. The molecule has 30 heavy (non-hydrogen) atoms. The molecule has 0 spiro atoms. The van der Waals surface area contributed by atoms with E-state index >= 15 is 0 Å². The molecule has 0 aliphatic rings. The summed E-state index contributed by atoms with van der Waals surface area (Å²) in [5.41, 5.74) is 3.94. The molecule has 0 aliphatic heterocycles. The number of carbonyl (C=O) groups is 1. The number of oxazole rings is 1. The van der Waals surface area contributed by atoms with Gasteiger partial charge in [0.05, 0.1) is 18.6 Å². The van der Waals surface area contributed by atoms with Gasteiger partial charge in [0.2, 0.25) is 5.89 Å². The summed E-state index contributed by atoms with van der Waals surface area (Å²) in [6.07, 6.45) is 0.0968. The molecular formula is C23H25NO5S. The zero-order valence-corrected chi connectivity index (χ0v) is 18.4. The standard InChI is InChI=1S/C23H25NO5S/c1-15-7-5-8-18(16(15)2)11-20(25)13-30(26,27)14-22-17(3)29-23(24-22)19-9-6-10-21(12-19)28-4/h5-10,12H,11,13-14H2,1-4H3. The lowest BCUT2D eigenvalue weighted by molar-refractivity contribution is -0.116. The first-order valence-electron chi connectivity index (χ1n) is 9.56. The van der Waals surface area contributed by atoms with Crippen molar-refractivity contribution in [1.82, 2.24) is 4.98 Å². The second-order valence-corrected chi connectivity index (χ2v) is 9.43. The van der Waals surface area contributed by atoms with Gasteiger partial charge in [0.15, 0.2) is 15.6 Å². The van der Waals surface area contributed by atoms with Crippen LogP contribution in [0.25, 0.3) is 11.5 Å². The number of ether oxygens (including phenoxy) is 1. The normalized spacial score (nSPS) is 11.5. The van der Waals surface area contributed by atoms with E-state index < -0.39 is 15.6 Å². The van der Waals surface area contributed by atoms with Crippen LogP contribution in [0.3, 0.4) is 0 Å². The van der Waals surface area contributed by atoms with Gasteiger partial charge >= 0.3 is 0 Å². The van der Waals surface area contributed by atoms with Crippen LogP contribution in [0.1, 0.15) is 28.1 Å². The first-order chi connectivity index (χ1) is 14.2. The molecule has 3 rings (SSSR count). The van der Waals surface area contributed by atoms with E-state index in [0.29, 0.717) is 28.7 Å². The molecule has 3 aromatic rings. The molecule has 0 saturated carbocycles. The molecule has 0 unspecified atom stereocenters. The van der Waals surface area contributed by atoms with Crippen LogP contribution in [0, 0.1) is 20.8 Å². The summed E-state index contributed by atoms with van der Waals surface area (Å²) >= 11 is 0. The number of ketones is 1. The summed E-state index contributed by atoms with van der Waals surface area (Å²) in [5, 5.41) is 0. The van der Waals surface area contributed by atoms with Crippen LogP contribution in [0.5, 0.6) is 5.75 Å². The summed E-state index contributed by atoms with van der Waals surface area (Å²) in [6, 6.07) is 12.9. The lowest BCUT2D eigenvalue weighted by atomic mass is 10.00. The zero-order chi connectivity index (χ0) is 21.9. The monoisotopic (exact) mass is 427 g/mol. The summed E-state index contributed by atoms with van der Waals surface area (Å²) in [6.45, 7) is 5.57. The van der Waals surface area contributed by atoms with Crippen LogP contribution < -0.4 is 4.74 Å². The summed E-state index contributed by atoms with van der Waals surface area (Å²) < 4.78 is 36.1. The molecule has 6 nitrogen and oxygen atoms in total. The van der Waals surface area contributed by atoms with Gasteiger partial charge in [0.25, 0.3) is 0 Å². The van der Waals surface area contributed by atoms with E-state index in [1.165, 1.54) is 0 Å². The Labute approximate surface area is 176 Å². The van der Waals surface area contributed by atoms with Gasteiger partial charge in [0, 0.05) is 12.0 Å². The highest BCUT2D eigenvalue weighted by Gasteiger charge is 2.22. The van der Waals surface area contributed by atoms with E-state index in [0.717, 1.165) is 16.7 Å². The van der Waals surface area contributed by atoms with Crippen molar-refractivity contribution in [3.8, 4) is 17.2 Å². The topological polar surface area (TPSA) is 86.5 Å². The average Bonchev–Trinajstić information content (AvgIpc) is 3.04. The van der Waals surface area contributed by atoms with Crippen LogP contribution in [0.15, 0.2) is 46.9 Å². The van der Waals surface area contributed by atoms with Crippen molar-refractivity contribution < 1.29 is 22.4 Å². The summed E-state index contributed by atoms with van der Waals surface area (Å²) in [7, 11) is -2.12. The molecule has 0 amide bonds. The highest BCUT2D eigenvalue weighted by atomic mass is 32.2. The van der Waals surface area contributed by atoms with E-state index in [9.17, 15) is 13.2 Å². The number of Topliss-reactive ketones (excluding diaryl/α,β-unsaturated/α-hetero) is 1. The van der Waals surface area contributed by atoms with Gasteiger partial charge in [-0.05, 0) is 55.7 Å². The van der Waals surface area contributed by atoms with Gasteiger partial charge in [-0.1, -0.05) is 24.3 Å². The number of hydrogen-bond acceptors (Lipinski definition) is 6. The van der Waals surface area contributed by atoms with Gasteiger partial charge in [-0.3, -0.25) is 4.79 Å². The molecule has 1 heterocycles. The third-order valence-corrected chi connectivity index (χ3v) is 6.53. The number of nitrogens with zero attached hydrogens (tertiary/aromatic N) is 1. The van der Waals surface area contributed by atoms with Crippen molar-refractivity contribution >= 4 is 15.6 Å². The Morgan fingerprint density at radius 2 is 1.83 bits per heavy atom. The summed E-state index contributed by atoms with van der Waals surface area (Å²) in [5.74, 6) is 0.176. The molecule has 0 radical (unpaired) electrons. The lowest BCUT2D eigenvalue weighted by Gasteiger charge is -2.08. The number of aryl methyl sites for hydroxylation is 2. The molecule has 0 N–H and O–H groups in total. The van der Waals surface area contributed by atoms with E-state index in [2.05, 4.69) is 4.98 Å². The lowest BCUT2D eigenvalue weighted by Crippen LogP contribution is -2.20. The maximum atomic E-state index is 12.6. The highest BCUT2D eigenvalue weighted by Crippen LogP contribution is 2.26. The first-order valence-corrected chi connectivity index (χ1v) is 11.4. The smallest absolute Gasteiger partial charge is 0.226 e. The van der Waals surface area contributed by atoms with Crippen molar-refractivity contribution in [3.63, 3.8) is 0 Å². The summed E-state index contributed by atoms with van der Waals surface area (Å²) in [4.78, 5) is 16.8. The number of rotatable bonds is 8. The Hall–Kier alpha value is -2.93. The average molecular weight is 428 g/mol. The molecule has 0 bridgehead atoms. The minimum atomic E-state index is -3.68. The highest BCUT2D eigenvalue weighted by molar-refractivity contribution is 7.91. The third kappa shape index (κ3) is 5.16. The molecule has 1 aromatic heterocycles. The predicted molar refractivity (Wildman–Crippen MR) is 115 cm³/mol. The van der Waals surface area contributed by atoms with Crippen molar-refractivity contribution in [2.24, 2.45) is 0 Å². The number of benzene rings is 2. The van der Waals surface area contributed by atoms with E-state index in [1.54, 1.807) is 38.3 Å². The maximum Gasteiger partial charge on any atom is 0.226 e. The fraction of sp³-hybridized carbons (Fsp3) is 0.304. The van der Waals surface area contributed by atoms with Crippen LogP contribution in [-0.4, -0.2) is 32.0 Å². The second-order valence-electron chi connectivity index (χ2n) is 7.36. The molecule has 0 atom stereocenters. The molecule has 2 aromatic carbocycles. The Morgan fingerprint density at radius 3 is 2.57 bits per heavy atom. The Balaban J connectivity index is 1.73. The van der Waals surface area contributed by atoms with Crippen molar-refractivity contribution in [2.45, 2.75) is 32.9 Å². The van der Waals surface area contributed by atoms with Gasteiger partial charge in [-0.2, -0.15) is 0 Å². The molecule has 0 saturated heterocycles. The van der Waals surface area contributed by atoms with E-state index in [4.69, 9.17) is 9.15 Å². The molecule has 0 aliphatic carbocycles. The Morgan fingerprint density at radius 1 is 1.10 bits per heavy atom. The van der Waals surface area contributed by atoms with Crippen LogP contribution in [-0.2, 0) is 26.8 Å². The number of sulfone groups is 1. The number of hydrogen-bond donors (Lipinski definition) is 0. The molecule has 0 fully saturated rings. The third-order valence-electron chi connectivity index (χ3n) is 5.05. The van der Waals surface area contributed by atoms with Crippen molar-refractivity contribution in [2.75, 3.05) is 12.9 Å². The SMILES string of the molecule is COc1cccc(-c2nc(CS(=O)(=O)CC(=O)Cc3cccc(C)c3C)c(C)o2)c1. The maximum absolute atomic E-state index is 12.6. The number of carbonyl (C=O) groups excluding carboxylic acids is 1. The second kappa shape index (κ2) is 8.83. The van der Waals surface area contributed by atoms with Crippen molar-refractivity contribution in [3.05, 3.63) is 70.6 Å². The van der Waals surface area contributed by atoms with E-state index in [1.807, 2.05) is 32.0 Å². The quantitative estimate of drug-likeness (QED) is 0.540. The molecule has 7 heteroatoms. The predicted octanol–water partition coefficient (Wildman–Crippen LogP) is 4.00. The molecule has 158 valence electrons. The van der Waals surface area contributed by atoms with Gasteiger partial charge < -0.3 is 9.15 Å². The largest absolute Gasteiger partial charge is 0.497 e. The first kappa shape index (κ1) is 21.8.